The molecule has 0 saturated heterocycles. The number of carboxylic acids is 1. The van der Waals surface area contributed by atoms with Crippen LogP contribution in [-0.4, -0.2) is 52.6 Å². The largest absolute Gasteiger partial charge is 0.480 e. The fraction of sp³-hybridized carbons (Fsp3) is 0.667. The maximum Gasteiger partial charge on any atom is 0.326 e. The summed E-state index contributed by atoms with van der Waals surface area (Å²) in [5.41, 5.74) is 0. The second kappa shape index (κ2) is 6.93. The van der Waals surface area contributed by atoms with Crippen LogP contribution in [0, 0.1) is 0 Å². The zero-order valence-electron chi connectivity index (χ0n) is 11.0. The second-order valence-corrected chi connectivity index (χ2v) is 4.19. The summed E-state index contributed by atoms with van der Waals surface area (Å²) in [5, 5.41) is 9.01. The molecule has 0 aliphatic heterocycles. The zero-order chi connectivity index (χ0) is 13.6. The molecule has 0 aliphatic rings. The van der Waals surface area contributed by atoms with E-state index in [-0.39, 0.29) is 12.1 Å². The van der Waals surface area contributed by atoms with Crippen LogP contribution in [0.4, 0.5) is 4.79 Å². The summed E-state index contributed by atoms with van der Waals surface area (Å²) in [5.74, 6) is -0.981. The summed E-state index contributed by atoms with van der Waals surface area (Å²) in [6, 6.07) is -1.06. The summed E-state index contributed by atoms with van der Waals surface area (Å²) in [7, 11) is 1.52. The molecule has 0 aromatic heterocycles. The van der Waals surface area contributed by atoms with Crippen molar-refractivity contribution >= 4 is 12.0 Å². The maximum absolute atomic E-state index is 12.1. The molecule has 0 bridgehead atoms. The first-order chi connectivity index (χ1) is 7.86. The first kappa shape index (κ1) is 15.5. The molecule has 0 aromatic rings. The molecule has 0 spiro atoms. The molecule has 17 heavy (non-hydrogen) atoms. The molecule has 1 unspecified atom stereocenters. The molecule has 0 radical (unpaired) electrons. The lowest BCUT2D eigenvalue weighted by Crippen LogP contribution is -2.50. The van der Waals surface area contributed by atoms with Crippen LogP contribution in [0.1, 0.15) is 27.2 Å². The predicted molar refractivity (Wildman–Crippen MR) is 66.9 cm³/mol. The highest BCUT2D eigenvalue weighted by Gasteiger charge is 2.28. The highest BCUT2D eigenvalue weighted by atomic mass is 16.4. The van der Waals surface area contributed by atoms with Gasteiger partial charge in [-0.25, -0.2) is 9.59 Å². The Labute approximate surface area is 103 Å². The van der Waals surface area contributed by atoms with Gasteiger partial charge in [-0.2, -0.15) is 0 Å². The maximum atomic E-state index is 12.1. The van der Waals surface area contributed by atoms with Gasteiger partial charge in [-0.1, -0.05) is 13.0 Å². The molecule has 5 nitrogen and oxygen atoms in total. The standard InChI is InChI=1S/C12H22N2O3/c1-6-8-14(9(3)4)12(17)13(5)10(7-2)11(15)16/h6,9-10H,1,7-8H2,2-5H3,(H,15,16). The monoisotopic (exact) mass is 242 g/mol. The Morgan fingerprint density at radius 2 is 1.94 bits per heavy atom. The molecule has 5 heteroatoms. The number of carboxylic acid groups (broad SMARTS) is 1. The van der Waals surface area contributed by atoms with Crippen LogP contribution in [0.25, 0.3) is 0 Å². The van der Waals surface area contributed by atoms with E-state index in [1.54, 1.807) is 17.9 Å². The zero-order valence-corrected chi connectivity index (χ0v) is 11.0. The van der Waals surface area contributed by atoms with Crippen molar-refractivity contribution in [2.75, 3.05) is 13.6 Å². The van der Waals surface area contributed by atoms with Crippen molar-refractivity contribution in [2.24, 2.45) is 0 Å². The van der Waals surface area contributed by atoms with Gasteiger partial charge in [0.1, 0.15) is 6.04 Å². The normalized spacial score (nSPS) is 12.1. The van der Waals surface area contributed by atoms with Gasteiger partial charge in [-0.3, -0.25) is 0 Å². The molecule has 1 atom stereocenters. The van der Waals surface area contributed by atoms with Crippen LogP contribution < -0.4 is 0 Å². The number of urea groups is 1. The van der Waals surface area contributed by atoms with Gasteiger partial charge in [-0.05, 0) is 20.3 Å². The van der Waals surface area contributed by atoms with Crippen molar-refractivity contribution in [3.8, 4) is 0 Å². The number of likely N-dealkylation sites (N-methyl/N-ethyl adjacent to an activating group) is 1. The van der Waals surface area contributed by atoms with Gasteiger partial charge in [0.05, 0.1) is 0 Å². The Morgan fingerprint density at radius 3 is 2.24 bits per heavy atom. The number of nitrogens with zero attached hydrogens (tertiary/aromatic N) is 2. The third kappa shape index (κ3) is 4.09. The number of hydrogen-bond acceptors (Lipinski definition) is 2. The van der Waals surface area contributed by atoms with Gasteiger partial charge in [0.15, 0.2) is 0 Å². The van der Waals surface area contributed by atoms with E-state index < -0.39 is 12.0 Å². The van der Waals surface area contributed by atoms with Gasteiger partial charge in [0.25, 0.3) is 0 Å². The fourth-order valence-electron chi connectivity index (χ4n) is 1.60. The van der Waals surface area contributed by atoms with Crippen LogP contribution >= 0.6 is 0 Å². The van der Waals surface area contributed by atoms with Crippen LogP contribution in [-0.2, 0) is 4.79 Å². The van der Waals surface area contributed by atoms with E-state index in [4.69, 9.17) is 5.11 Å². The van der Waals surface area contributed by atoms with Crippen molar-refractivity contribution in [1.82, 2.24) is 9.80 Å². The van der Waals surface area contributed by atoms with Gasteiger partial charge in [-0.15, -0.1) is 6.58 Å². The number of carbonyl (C=O) groups is 2. The minimum atomic E-state index is -0.981. The average Bonchev–Trinajstić information content (AvgIpc) is 2.24. The number of hydrogen-bond donors (Lipinski definition) is 1. The molecule has 0 saturated carbocycles. The summed E-state index contributed by atoms with van der Waals surface area (Å²) < 4.78 is 0. The summed E-state index contributed by atoms with van der Waals surface area (Å²) in [6.07, 6.45) is 2.02. The lowest BCUT2D eigenvalue weighted by atomic mass is 10.2. The van der Waals surface area contributed by atoms with Gasteiger partial charge < -0.3 is 14.9 Å². The van der Waals surface area contributed by atoms with Crippen LogP contribution in [0.15, 0.2) is 12.7 Å². The highest BCUT2D eigenvalue weighted by molar-refractivity contribution is 5.82. The van der Waals surface area contributed by atoms with Crippen LogP contribution in [0.3, 0.4) is 0 Å². The molecule has 2 amide bonds. The lowest BCUT2D eigenvalue weighted by molar-refractivity contribution is -0.142. The average molecular weight is 242 g/mol. The summed E-state index contributed by atoms with van der Waals surface area (Å²) >= 11 is 0. The molecule has 1 N–H and O–H groups in total. The fourth-order valence-corrected chi connectivity index (χ4v) is 1.60. The number of amides is 2. The first-order valence-electron chi connectivity index (χ1n) is 5.73. The third-order valence-corrected chi connectivity index (χ3v) is 2.64. The number of carbonyl (C=O) groups excluding carboxylic acids is 1. The van der Waals surface area contributed by atoms with Crippen molar-refractivity contribution in [3.05, 3.63) is 12.7 Å². The molecular weight excluding hydrogens is 220 g/mol. The van der Waals surface area contributed by atoms with E-state index in [2.05, 4.69) is 6.58 Å². The molecule has 0 aromatic carbocycles. The van der Waals surface area contributed by atoms with Gasteiger partial charge >= 0.3 is 12.0 Å². The van der Waals surface area contributed by atoms with E-state index in [0.717, 1.165) is 0 Å². The predicted octanol–water partition coefficient (Wildman–Crippen LogP) is 1.80. The van der Waals surface area contributed by atoms with Crippen molar-refractivity contribution in [3.63, 3.8) is 0 Å². The molecule has 0 heterocycles. The lowest BCUT2D eigenvalue weighted by Gasteiger charge is -2.33. The Kier molecular flexibility index (Phi) is 6.31. The van der Waals surface area contributed by atoms with E-state index in [1.165, 1.54) is 11.9 Å². The third-order valence-electron chi connectivity index (χ3n) is 2.64. The number of aliphatic carboxylic acids is 1. The quantitative estimate of drug-likeness (QED) is 0.722. The minimum absolute atomic E-state index is 0.00857. The second-order valence-electron chi connectivity index (χ2n) is 4.19. The molecule has 0 rings (SSSR count). The molecule has 98 valence electrons. The molecular formula is C12H22N2O3. The van der Waals surface area contributed by atoms with Gasteiger partial charge in [0, 0.05) is 19.6 Å². The highest BCUT2D eigenvalue weighted by Crippen LogP contribution is 2.09. The smallest absolute Gasteiger partial charge is 0.326 e. The Balaban J connectivity index is 4.86. The SMILES string of the molecule is C=CCN(C(=O)N(C)C(CC)C(=O)O)C(C)C. The van der Waals surface area contributed by atoms with E-state index in [1.807, 2.05) is 13.8 Å². The van der Waals surface area contributed by atoms with Crippen LogP contribution in [0.2, 0.25) is 0 Å². The summed E-state index contributed by atoms with van der Waals surface area (Å²) in [4.78, 5) is 26.0. The van der Waals surface area contributed by atoms with E-state index in [0.29, 0.717) is 13.0 Å². The van der Waals surface area contributed by atoms with Crippen molar-refractivity contribution in [1.29, 1.82) is 0 Å². The molecule has 0 aliphatic carbocycles. The Bertz CT molecular complexity index is 289. The molecule has 0 fully saturated rings. The minimum Gasteiger partial charge on any atom is -0.480 e. The van der Waals surface area contributed by atoms with Gasteiger partial charge in [0.2, 0.25) is 0 Å². The number of rotatable bonds is 6. The van der Waals surface area contributed by atoms with Crippen LogP contribution in [0.5, 0.6) is 0 Å². The Morgan fingerprint density at radius 1 is 1.41 bits per heavy atom. The topological polar surface area (TPSA) is 60.9 Å². The summed E-state index contributed by atoms with van der Waals surface area (Å²) in [6.45, 7) is 9.53. The Hall–Kier alpha value is -1.52. The first-order valence-corrected chi connectivity index (χ1v) is 5.73. The van der Waals surface area contributed by atoms with E-state index >= 15 is 0 Å². The van der Waals surface area contributed by atoms with E-state index in [9.17, 15) is 9.59 Å². The van der Waals surface area contributed by atoms with Crippen molar-refractivity contribution in [2.45, 2.75) is 39.3 Å². The van der Waals surface area contributed by atoms with Crippen molar-refractivity contribution < 1.29 is 14.7 Å².